The maximum absolute atomic E-state index is 14.0. The molecule has 0 spiro atoms. The molecule has 4 aromatic rings. The van der Waals surface area contributed by atoms with E-state index in [1.807, 2.05) is 49.4 Å². The maximum Gasteiger partial charge on any atom is 0.372 e. The first-order valence-corrected chi connectivity index (χ1v) is 11.8. The lowest BCUT2D eigenvalue weighted by Crippen LogP contribution is -2.41. The molecule has 36 heavy (non-hydrogen) atoms. The minimum atomic E-state index is -1.48. The van der Waals surface area contributed by atoms with Gasteiger partial charge in [-0.25, -0.2) is 14.8 Å². The third kappa shape index (κ3) is 3.25. The van der Waals surface area contributed by atoms with Crippen molar-refractivity contribution in [2.24, 2.45) is 4.99 Å². The maximum atomic E-state index is 14.0. The minimum Gasteiger partial charge on any atom is -0.475 e. The van der Waals surface area contributed by atoms with Crippen molar-refractivity contribution in [3.05, 3.63) is 104 Å². The normalized spacial score (nSPS) is 16.6. The zero-order chi connectivity index (χ0) is 25.1. The van der Waals surface area contributed by atoms with Crippen molar-refractivity contribution in [2.75, 3.05) is 11.4 Å². The Kier molecular flexibility index (Phi) is 5.01. The standard InChI is InChI=1S/C27H19ClN4O4/c1-14-12-16-10-11-31-22(16)17(13-14)21(15-6-3-2-4-7-15)30-23(26(31)34)32-24(27(35)36)29-19-9-5-8-18(28)20(19)25(32)33/h2-9,12-13,23H,10-11H2,1H3,(H,35,36). The van der Waals surface area contributed by atoms with Crippen molar-refractivity contribution < 1.29 is 14.7 Å². The number of anilines is 1. The minimum absolute atomic E-state index is 0.0353. The van der Waals surface area contributed by atoms with E-state index >= 15 is 0 Å². The van der Waals surface area contributed by atoms with E-state index in [9.17, 15) is 19.5 Å². The molecular formula is C27H19ClN4O4. The second kappa shape index (κ2) is 8.13. The molecule has 1 unspecified atom stereocenters. The Bertz CT molecular complexity index is 1690. The SMILES string of the molecule is Cc1cc2c3c(c1)C(c1ccccc1)=NC(n1c(C(=O)O)nc4cccc(Cl)c4c1=O)C(=O)N3CC2. The highest BCUT2D eigenvalue weighted by Crippen LogP contribution is 2.39. The molecule has 1 atom stereocenters. The number of carboxylic acids is 1. The first kappa shape index (κ1) is 22.2. The lowest BCUT2D eigenvalue weighted by Gasteiger charge is -2.22. The van der Waals surface area contributed by atoms with Gasteiger partial charge in [0.1, 0.15) is 0 Å². The zero-order valence-corrected chi connectivity index (χ0v) is 19.9. The van der Waals surface area contributed by atoms with Crippen LogP contribution in [0.1, 0.15) is 39.0 Å². The number of amides is 1. The molecule has 8 nitrogen and oxygen atoms in total. The average Bonchev–Trinajstić information content (AvgIpc) is 3.23. The molecule has 0 bridgehead atoms. The number of hydrogen-bond donors (Lipinski definition) is 1. The molecule has 0 saturated carbocycles. The van der Waals surface area contributed by atoms with Gasteiger partial charge >= 0.3 is 5.97 Å². The fourth-order valence-corrected chi connectivity index (χ4v) is 5.32. The summed E-state index contributed by atoms with van der Waals surface area (Å²) in [4.78, 5) is 50.6. The lowest BCUT2D eigenvalue weighted by atomic mass is 9.96. The van der Waals surface area contributed by atoms with Gasteiger partial charge in [0.25, 0.3) is 11.5 Å². The molecule has 0 fully saturated rings. The summed E-state index contributed by atoms with van der Waals surface area (Å²) in [6.07, 6.45) is -0.835. The Morgan fingerprint density at radius 1 is 1.08 bits per heavy atom. The van der Waals surface area contributed by atoms with Crippen LogP contribution in [0.15, 0.2) is 70.5 Å². The average molecular weight is 499 g/mol. The highest BCUT2D eigenvalue weighted by molar-refractivity contribution is 6.35. The molecule has 0 aliphatic carbocycles. The van der Waals surface area contributed by atoms with Crippen LogP contribution in [0.5, 0.6) is 0 Å². The Hall–Kier alpha value is -4.30. The number of aromatic nitrogens is 2. The number of aryl methyl sites for hydroxylation is 1. The van der Waals surface area contributed by atoms with Gasteiger partial charge in [0, 0.05) is 17.7 Å². The number of carbonyl (C=O) groups excluding carboxylic acids is 1. The summed E-state index contributed by atoms with van der Waals surface area (Å²) < 4.78 is 0.860. The summed E-state index contributed by atoms with van der Waals surface area (Å²) in [5.74, 6) is -2.52. The lowest BCUT2D eigenvalue weighted by molar-refractivity contribution is -0.121. The van der Waals surface area contributed by atoms with E-state index in [1.165, 1.54) is 12.1 Å². The molecule has 2 aliphatic rings. The van der Waals surface area contributed by atoms with E-state index < -0.39 is 29.4 Å². The number of benzene rings is 3. The highest BCUT2D eigenvalue weighted by Gasteiger charge is 2.39. The molecule has 3 heterocycles. The second-order valence-corrected chi connectivity index (χ2v) is 9.23. The van der Waals surface area contributed by atoms with Crippen LogP contribution in [0.3, 0.4) is 0 Å². The van der Waals surface area contributed by atoms with Crippen molar-refractivity contribution >= 4 is 45.8 Å². The van der Waals surface area contributed by atoms with Crippen molar-refractivity contribution in [3.63, 3.8) is 0 Å². The fourth-order valence-electron chi connectivity index (χ4n) is 5.07. The number of halogens is 1. The Morgan fingerprint density at radius 3 is 2.61 bits per heavy atom. The molecule has 1 N–H and O–H groups in total. The fraction of sp³-hybridized carbons (Fsp3) is 0.148. The number of hydrogen-bond acceptors (Lipinski definition) is 5. The first-order chi connectivity index (χ1) is 17.3. The largest absolute Gasteiger partial charge is 0.475 e. The smallest absolute Gasteiger partial charge is 0.372 e. The van der Waals surface area contributed by atoms with Crippen LogP contribution in [-0.4, -0.2) is 38.8 Å². The molecule has 178 valence electrons. The van der Waals surface area contributed by atoms with Crippen LogP contribution in [-0.2, 0) is 11.2 Å². The van der Waals surface area contributed by atoms with Gasteiger partial charge in [-0.1, -0.05) is 59.6 Å². The third-order valence-corrected chi connectivity index (χ3v) is 6.88. The number of carboxylic acid groups (broad SMARTS) is 1. The highest BCUT2D eigenvalue weighted by atomic mass is 35.5. The monoisotopic (exact) mass is 498 g/mol. The topological polar surface area (TPSA) is 105 Å². The number of carbonyl (C=O) groups is 2. The summed E-state index contributed by atoms with van der Waals surface area (Å²) in [5, 5.41) is 10.2. The van der Waals surface area contributed by atoms with Gasteiger partial charge in [-0.05, 0) is 37.1 Å². The number of aliphatic imine (C=N–C) groups is 1. The molecule has 2 aliphatic heterocycles. The van der Waals surface area contributed by atoms with Crippen molar-refractivity contribution in [1.29, 1.82) is 0 Å². The second-order valence-electron chi connectivity index (χ2n) is 8.83. The van der Waals surface area contributed by atoms with E-state index in [1.54, 1.807) is 11.0 Å². The zero-order valence-electron chi connectivity index (χ0n) is 19.1. The van der Waals surface area contributed by atoms with E-state index in [0.717, 1.165) is 32.5 Å². The molecule has 0 saturated heterocycles. The third-order valence-electron chi connectivity index (χ3n) is 6.56. The molecule has 9 heteroatoms. The van der Waals surface area contributed by atoms with E-state index in [4.69, 9.17) is 16.6 Å². The Labute approximate surface area is 210 Å². The number of aromatic carboxylic acids is 1. The van der Waals surface area contributed by atoms with Gasteiger partial charge in [0.05, 0.1) is 27.3 Å². The summed E-state index contributed by atoms with van der Waals surface area (Å²) in [6, 6.07) is 18.0. The van der Waals surface area contributed by atoms with Crippen LogP contribution in [0.2, 0.25) is 5.02 Å². The van der Waals surface area contributed by atoms with Crippen LogP contribution in [0.4, 0.5) is 5.69 Å². The molecular weight excluding hydrogens is 480 g/mol. The number of rotatable bonds is 3. The van der Waals surface area contributed by atoms with Gasteiger partial charge in [-0.3, -0.25) is 14.2 Å². The van der Waals surface area contributed by atoms with Crippen molar-refractivity contribution in [1.82, 2.24) is 9.55 Å². The van der Waals surface area contributed by atoms with Gasteiger partial charge in [0.2, 0.25) is 12.0 Å². The number of fused-ring (bicyclic) bond motifs is 1. The van der Waals surface area contributed by atoms with Crippen molar-refractivity contribution in [2.45, 2.75) is 19.5 Å². The van der Waals surface area contributed by atoms with Gasteiger partial charge in [-0.15, -0.1) is 0 Å². The van der Waals surface area contributed by atoms with Crippen LogP contribution >= 0.6 is 11.6 Å². The predicted molar refractivity (Wildman–Crippen MR) is 136 cm³/mol. The summed E-state index contributed by atoms with van der Waals surface area (Å²) >= 11 is 6.32. The van der Waals surface area contributed by atoms with E-state index in [0.29, 0.717) is 18.7 Å². The molecule has 0 radical (unpaired) electrons. The van der Waals surface area contributed by atoms with Gasteiger partial charge in [0.15, 0.2) is 0 Å². The van der Waals surface area contributed by atoms with Gasteiger partial charge < -0.3 is 10.0 Å². The van der Waals surface area contributed by atoms with E-state index in [-0.39, 0.29) is 15.9 Å². The molecule has 1 aromatic heterocycles. The summed E-state index contributed by atoms with van der Waals surface area (Å²) in [5.41, 5.74) is 4.18. The quantitative estimate of drug-likeness (QED) is 0.460. The van der Waals surface area contributed by atoms with Crippen LogP contribution in [0.25, 0.3) is 10.9 Å². The molecule has 6 rings (SSSR count). The first-order valence-electron chi connectivity index (χ1n) is 11.4. The summed E-state index contributed by atoms with van der Waals surface area (Å²) in [6.45, 7) is 2.38. The van der Waals surface area contributed by atoms with Crippen LogP contribution in [0, 0.1) is 6.92 Å². The van der Waals surface area contributed by atoms with Crippen molar-refractivity contribution in [3.8, 4) is 0 Å². The molecule has 1 amide bonds. The Morgan fingerprint density at radius 2 is 1.86 bits per heavy atom. The van der Waals surface area contributed by atoms with Gasteiger partial charge in [-0.2, -0.15) is 0 Å². The Balaban J connectivity index is 1.71. The van der Waals surface area contributed by atoms with Crippen LogP contribution < -0.4 is 10.5 Å². The number of nitrogens with zero attached hydrogens (tertiary/aromatic N) is 4. The summed E-state index contributed by atoms with van der Waals surface area (Å²) in [7, 11) is 0. The predicted octanol–water partition coefficient (Wildman–Crippen LogP) is 4.00. The van der Waals surface area contributed by atoms with E-state index in [2.05, 4.69) is 4.98 Å². The molecule has 3 aromatic carbocycles.